The molecule has 1 rings (SSSR count). The number of hydrogen-bond donors (Lipinski definition) is 1. The van der Waals surface area contributed by atoms with Gasteiger partial charge < -0.3 is 5.32 Å². The third-order valence-corrected chi connectivity index (χ3v) is 2.83. The monoisotopic (exact) mass is 185 g/mol. The van der Waals surface area contributed by atoms with E-state index >= 15 is 0 Å². The third-order valence-electron chi connectivity index (χ3n) is 1.76. The smallest absolute Gasteiger partial charge is 0.257 e. The van der Waals surface area contributed by atoms with Crippen LogP contribution in [0.1, 0.15) is 26.2 Å². The van der Waals surface area contributed by atoms with Crippen LogP contribution in [0, 0.1) is 0 Å². The molecule has 0 aromatic rings. The van der Waals surface area contributed by atoms with Gasteiger partial charge in [0.05, 0.1) is 4.91 Å². The molecule has 1 aliphatic heterocycles. The molecule has 0 bridgehead atoms. The van der Waals surface area contributed by atoms with Gasteiger partial charge in [-0.15, -0.1) is 11.8 Å². The van der Waals surface area contributed by atoms with Crippen molar-refractivity contribution >= 4 is 17.7 Å². The number of unbranched alkanes of at least 4 members (excludes halogenated alkanes) is 2. The zero-order valence-corrected chi connectivity index (χ0v) is 8.25. The lowest BCUT2D eigenvalue weighted by Crippen LogP contribution is -2.30. The molecule has 0 radical (unpaired) electrons. The Hall–Kier alpha value is -0.440. The topological polar surface area (TPSA) is 29.1 Å². The maximum atomic E-state index is 11.2. The summed E-state index contributed by atoms with van der Waals surface area (Å²) in [6, 6.07) is 0. The van der Waals surface area contributed by atoms with Gasteiger partial charge >= 0.3 is 0 Å². The normalized spacial score (nSPS) is 21.1. The SMILES string of the molecule is CCCCC=C1SCCNC1=O. The Morgan fingerprint density at radius 3 is 3.17 bits per heavy atom. The van der Waals surface area contributed by atoms with Gasteiger partial charge in [-0.25, -0.2) is 0 Å². The molecule has 1 saturated heterocycles. The predicted octanol–water partition coefficient (Wildman–Crippen LogP) is 1.92. The van der Waals surface area contributed by atoms with Gasteiger partial charge in [0.25, 0.3) is 5.91 Å². The van der Waals surface area contributed by atoms with Gasteiger partial charge in [0.1, 0.15) is 0 Å². The van der Waals surface area contributed by atoms with E-state index in [2.05, 4.69) is 18.3 Å². The van der Waals surface area contributed by atoms with Crippen LogP contribution in [0.3, 0.4) is 0 Å². The summed E-state index contributed by atoms with van der Waals surface area (Å²) in [7, 11) is 0. The molecule has 1 aliphatic rings. The Morgan fingerprint density at radius 2 is 2.50 bits per heavy atom. The molecule has 0 aromatic heterocycles. The van der Waals surface area contributed by atoms with Crippen LogP contribution >= 0.6 is 11.8 Å². The third kappa shape index (κ3) is 2.89. The molecular formula is C9H15NOS. The predicted molar refractivity (Wildman–Crippen MR) is 53.1 cm³/mol. The number of carbonyl (C=O) groups is 1. The van der Waals surface area contributed by atoms with Crippen LogP contribution in [-0.2, 0) is 4.79 Å². The summed E-state index contributed by atoms with van der Waals surface area (Å²) in [5.74, 6) is 1.13. The minimum Gasteiger partial charge on any atom is -0.351 e. The highest BCUT2D eigenvalue weighted by Gasteiger charge is 2.13. The van der Waals surface area contributed by atoms with Crippen LogP contribution in [0.2, 0.25) is 0 Å². The van der Waals surface area contributed by atoms with Crippen LogP contribution in [0.25, 0.3) is 0 Å². The standard InChI is InChI=1S/C9H15NOS/c1-2-3-4-5-8-9(11)10-6-7-12-8/h5H,2-4,6-7H2,1H3,(H,10,11). The zero-order valence-electron chi connectivity index (χ0n) is 7.43. The van der Waals surface area contributed by atoms with E-state index in [4.69, 9.17) is 0 Å². The Labute approximate surface area is 77.8 Å². The summed E-state index contributed by atoms with van der Waals surface area (Å²) in [5.41, 5.74) is 0. The maximum Gasteiger partial charge on any atom is 0.257 e. The molecule has 1 heterocycles. The lowest BCUT2D eigenvalue weighted by Gasteiger charge is -2.13. The fourth-order valence-corrected chi connectivity index (χ4v) is 1.93. The fourth-order valence-electron chi connectivity index (χ4n) is 1.07. The van der Waals surface area contributed by atoms with Gasteiger partial charge in [-0.05, 0) is 6.42 Å². The van der Waals surface area contributed by atoms with E-state index in [-0.39, 0.29) is 5.91 Å². The summed E-state index contributed by atoms with van der Waals surface area (Å²) in [4.78, 5) is 12.1. The van der Waals surface area contributed by atoms with Gasteiger partial charge in [-0.3, -0.25) is 4.79 Å². The highest BCUT2D eigenvalue weighted by molar-refractivity contribution is 8.04. The molecule has 2 nitrogen and oxygen atoms in total. The van der Waals surface area contributed by atoms with Crippen molar-refractivity contribution in [3.63, 3.8) is 0 Å². The van der Waals surface area contributed by atoms with Gasteiger partial charge in [0, 0.05) is 12.3 Å². The van der Waals surface area contributed by atoms with E-state index in [9.17, 15) is 4.79 Å². The molecule has 1 N–H and O–H groups in total. The largest absolute Gasteiger partial charge is 0.351 e. The van der Waals surface area contributed by atoms with Gasteiger partial charge in [0.2, 0.25) is 0 Å². The maximum absolute atomic E-state index is 11.2. The van der Waals surface area contributed by atoms with Crippen LogP contribution in [0.15, 0.2) is 11.0 Å². The Balaban J connectivity index is 2.36. The van der Waals surface area contributed by atoms with Crippen molar-refractivity contribution in [1.29, 1.82) is 0 Å². The molecule has 3 heteroatoms. The molecule has 12 heavy (non-hydrogen) atoms. The molecule has 0 spiro atoms. The number of nitrogens with one attached hydrogen (secondary N) is 1. The zero-order chi connectivity index (χ0) is 8.81. The van der Waals surface area contributed by atoms with E-state index in [1.165, 1.54) is 12.8 Å². The van der Waals surface area contributed by atoms with Crippen molar-refractivity contribution in [3.05, 3.63) is 11.0 Å². The van der Waals surface area contributed by atoms with Crippen molar-refractivity contribution in [2.24, 2.45) is 0 Å². The highest BCUT2D eigenvalue weighted by atomic mass is 32.2. The van der Waals surface area contributed by atoms with E-state index in [0.717, 1.165) is 23.6 Å². The summed E-state index contributed by atoms with van der Waals surface area (Å²) in [6.07, 6.45) is 5.46. The minimum absolute atomic E-state index is 0.113. The Bertz CT molecular complexity index is 189. The van der Waals surface area contributed by atoms with Crippen molar-refractivity contribution in [3.8, 4) is 0 Å². The van der Waals surface area contributed by atoms with E-state index in [1.807, 2.05) is 0 Å². The molecule has 1 fully saturated rings. The second-order valence-corrected chi connectivity index (χ2v) is 3.95. The summed E-state index contributed by atoms with van der Waals surface area (Å²) in [6.45, 7) is 2.97. The number of carbonyl (C=O) groups excluding carboxylic acids is 1. The van der Waals surface area contributed by atoms with E-state index in [1.54, 1.807) is 11.8 Å². The molecule has 0 unspecified atom stereocenters. The highest BCUT2D eigenvalue weighted by Crippen LogP contribution is 2.19. The van der Waals surface area contributed by atoms with Crippen molar-refractivity contribution < 1.29 is 4.79 Å². The fraction of sp³-hybridized carbons (Fsp3) is 0.667. The molecule has 1 amide bonds. The summed E-state index contributed by atoms with van der Waals surface area (Å²) < 4.78 is 0. The second kappa shape index (κ2) is 5.25. The lowest BCUT2D eigenvalue weighted by atomic mass is 10.2. The molecule has 0 aliphatic carbocycles. The quantitative estimate of drug-likeness (QED) is 0.537. The van der Waals surface area contributed by atoms with Crippen molar-refractivity contribution in [1.82, 2.24) is 5.32 Å². The average Bonchev–Trinajstić information content (AvgIpc) is 2.09. The number of hydrogen-bond acceptors (Lipinski definition) is 2. The second-order valence-electron chi connectivity index (χ2n) is 2.81. The van der Waals surface area contributed by atoms with Gasteiger partial charge in [-0.1, -0.05) is 25.8 Å². The van der Waals surface area contributed by atoms with Crippen LogP contribution < -0.4 is 5.32 Å². The van der Waals surface area contributed by atoms with Crippen LogP contribution in [0.4, 0.5) is 0 Å². The van der Waals surface area contributed by atoms with E-state index < -0.39 is 0 Å². The van der Waals surface area contributed by atoms with Crippen LogP contribution in [0.5, 0.6) is 0 Å². The first-order valence-electron chi connectivity index (χ1n) is 4.45. The van der Waals surface area contributed by atoms with Gasteiger partial charge in [-0.2, -0.15) is 0 Å². The van der Waals surface area contributed by atoms with Crippen LogP contribution in [-0.4, -0.2) is 18.2 Å². The van der Waals surface area contributed by atoms with Gasteiger partial charge in [0.15, 0.2) is 0 Å². The Kier molecular flexibility index (Phi) is 4.22. The summed E-state index contributed by atoms with van der Waals surface area (Å²) >= 11 is 1.67. The first-order chi connectivity index (χ1) is 5.84. The Morgan fingerprint density at radius 1 is 1.67 bits per heavy atom. The first kappa shape index (κ1) is 9.65. The van der Waals surface area contributed by atoms with Crippen molar-refractivity contribution in [2.75, 3.05) is 12.3 Å². The molecule has 0 atom stereocenters. The molecule has 0 saturated carbocycles. The molecular weight excluding hydrogens is 170 g/mol. The molecule has 0 aromatic carbocycles. The first-order valence-corrected chi connectivity index (χ1v) is 5.44. The number of allylic oxidation sites excluding steroid dienone is 1. The minimum atomic E-state index is 0.113. The lowest BCUT2D eigenvalue weighted by molar-refractivity contribution is -0.116. The number of rotatable bonds is 3. The number of amides is 1. The number of thioether (sulfide) groups is 1. The average molecular weight is 185 g/mol. The van der Waals surface area contributed by atoms with E-state index in [0.29, 0.717) is 0 Å². The summed E-state index contributed by atoms with van der Waals surface area (Å²) in [5, 5.41) is 2.83. The molecule has 68 valence electrons. The van der Waals surface area contributed by atoms with Crippen molar-refractivity contribution in [2.45, 2.75) is 26.2 Å².